The molecule has 0 aliphatic heterocycles. The number of anilines is 1. The molecule has 0 unspecified atom stereocenters. The number of hydrogen-bond acceptors (Lipinski definition) is 5. The molecule has 0 saturated heterocycles. The van der Waals surface area contributed by atoms with Crippen molar-refractivity contribution >= 4 is 22.9 Å². The lowest BCUT2D eigenvalue weighted by molar-refractivity contribution is 0.198. The number of nitrogens with zero attached hydrogens (tertiary/aromatic N) is 4. The molecule has 8 nitrogen and oxygen atoms in total. The topological polar surface area (TPSA) is 104 Å². The third-order valence-corrected chi connectivity index (χ3v) is 6.17. The Balaban J connectivity index is 1.23. The average molecular weight is 444 g/mol. The molecule has 1 amide bonds. The highest BCUT2D eigenvalue weighted by Crippen LogP contribution is 2.36. The van der Waals surface area contributed by atoms with E-state index in [2.05, 4.69) is 15.0 Å². The number of carbonyl (C=O) groups is 1. The minimum Gasteiger partial charge on any atom is -0.465 e. The molecule has 3 aromatic heterocycles. The number of hydrogen-bond donors (Lipinski definition) is 2. The van der Waals surface area contributed by atoms with Gasteiger partial charge in [0.2, 0.25) is 0 Å². The molecule has 2 N–H and O–H groups in total. The monoisotopic (exact) mass is 443 g/mol. The molecule has 1 saturated carbocycles. The molecule has 1 fully saturated rings. The molecule has 0 radical (unpaired) electrons. The Bertz CT molecular complexity index is 1220. The fraction of sp³-hybridized carbons (Fsp3) is 0.280. The second-order valence-electron chi connectivity index (χ2n) is 8.39. The smallest absolute Gasteiger partial charge is 0.413 e. The number of nitrogens with one attached hydrogen (secondary N) is 1. The molecule has 0 atom stereocenters. The first-order chi connectivity index (χ1) is 16.2. The van der Waals surface area contributed by atoms with Gasteiger partial charge in [-0.2, -0.15) is 0 Å². The fourth-order valence-electron chi connectivity index (χ4n) is 4.47. The summed E-state index contributed by atoms with van der Waals surface area (Å²) in [5.41, 5.74) is 1.86. The van der Waals surface area contributed by atoms with Crippen LogP contribution in [0.2, 0.25) is 0 Å². The van der Waals surface area contributed by atoms with Crippen molar-refractivity contribution in [2.24, 2.45) is 5.92 Å². The Kier molecular flexibility index (Phi) is 5.89. The lowest BCUT2D eigenvalue weighted by Gasteiger charge is -2.30. The number of amides is 1. The van der Waals surface area contributed by atoms with Crippen molar-refractivity contribution in [3.05, 3.63) is 72.9 Å². The second-order valence-corrected chi connectivity index (χ2v) is 8.39. The zero-order chi connectivity index (χ0) is 22.6. The van der Waals surface area contributed by atoms with Crippen LogP contribution in [0.4, 0.5) is 10.6 Å². The number of aromatic amines is 1. The molecule has 1 aromatic carbocycles. The van der Waals surface area contributed by atoms with E-state index < -0.39 is 6.09 Å². The van der Waals surface area contributed by atoms with Gasteiger partial charge in [-0.3, -0.25) is 9.88 Å². The number of rotatable bonds is 6. The molecule has 33 heavy (non-hydrogen) atoms. The fourth-order valence-corrected chi connectivity index (χ4v) is 4.47. The number of H-pyrrole nitrogens is 1. The van der Waals surface area contributed by atoms with E-state index in [0.717, 1.165) is 48.3 Å². The highest BCUT2D eigenvalue weighted by molar-refractivity contribution is 5.84. The number of benzene rings is 1. The van der Waals surface area contributed by atoms with Gasteiger partial charge in [-0.25, -0.2) is 14.8 Å². The largest absolute Gasteiger partial charge is 0.465 e. The molecular formula is C25H25N5O3. The molecule has 8 heteroatoms. The van der Waals surface area contributed by atoms with Crippen molar-refractivity contribution in [3.63, 3.8) is 0 Å². The Morgan fingerprint density at radius 2 is 1.94 bits per heavy atom. The minimum atomic E-state index is -0.961. The van der Waals surface area contributed by atoms with Crippen molar-refractivity contribution in [1.82, 2.24) is 19.9 Å². The Morgan fingerprint density at radius 3 is 2.67 bits per heavy atom. The van der Waals surface area contributed by atoms with Gasteiger partial charge in [-0.1, -0.05) is 6.07 Å². The van der Waals surface area contributed by atoms with E-state index in [1.807, 2.05) is 36.4 Å². The molecular weight excluding hydrogens is 418 g/mol. The van der Waals surface area contributed by atoms with Gasteiger partial charge in [-0.05, 0) is 68.0 Å². The van der Waals surface area contributed by atoms with Crippen LogP contribution in [-0.2, 0) is 0 Å². The van der Waals surface area contributed by atoms with Gasteiger partial charge in [0.05, 0.1) is 17.2 Å². The number of imidazole rings is 1. The third kappa shape index (κ3) is 4.79. The summed E-state index contributed by atoms with van der Waals surface area (Å²) in [6.07, 6.45) is 7.90. The minimum absolute atomic E-state index is 0.309. The summed E-state index contributed by atoms with van der Waals surface area (Å²) in [6, 6.07) is 14.9. The van der Waals surface area contributed by atoms with Crippen molar-refractivity contribution < 1.29 is 14.6 Å². The molecule has 0 bridgehead atoms. The quantitative estimate of drug-likeness (QED) is 0.402. The third-order valence-electron chi connectivity index (χ3n) is 6.17. The van der Waals surface area contributed by atoms with E-state index in [1.165, 1.54) is 4.90 Å². The van der Waals surface area contributed by atoms with Crippen LogP contribution in [0.5, 0.6) is 11.5 Å². The first kappa shape index (κ1) is 20.9. The first-order valence-electron chi connectivity index (χ1n) is 11.1. The summed E-state index contributed by atoms with van der Waals surface area (Å²) in [6.45, 7) is 0.467. The van der Waals surface area contributed by atoms with E-state index in [4.69, 9.17) is 9.72 Å². The maximum atomic E-state index is 11.8. The van der Waals surface area contributed by atoms with Crippen molar-refractivity contribution in [2.45, 2.75) is 31.6 Å². The zero-order valence-corrected chi connectivity index (χ0v) is 18.1. The average Bonchev–Trinajstić information content (AvgIpc) is 3.27. The van der Waals surface area contributed by atoms with E-state index in [9.17, 15) is 9.90 Å². The lowest BCUT2D eigenvalue weighted by Crippen LogP contribution is -2.36. The van der Waals surface area contributed by atoms with Crippen molar-refractivity contribution in [2.75, 3.05) is 11.4 Å². The normalized spacial score (nSPS) is 18.2. The van der Waals surface area contributed by atoms with Gasteiger partial charge >= 0.3 is 6.09 Å². The summed E-state index contributed by atoms with van der Waals surface area (Å²) in [4.78, 5) is 29.7. The Labute approximate surface area is 191 Å². The maximum absolute atomic E-state index is 11.8. The molecule has 3 heterocycles. The van der Waals surface area contributed by atoms with Gasteiger partial charge in [0.25, 0.3) is 0 Å². The van der Waals surface area contributed by atoms with Crippen LogP contribution < -0.4 is 9.64 Å². The highest BCUT2D eigenvalue weighted by Gasteiger charge is 2.28. The molecule has 4 aromatic rings. The van der Waals surface area contributed by atoms with Crippen LogP contribution in [0.1, 0.15) is 37.4 Å². The predicted octanol–water partition coefficient (Wildman–Crippen LogP) is 5.60. The van der Waals surface area contributed by atoms with Crippen LogP contribution in [0.15, 0.2) is 67.1 Å². The van der Waals surface area contributed by atoms with Crippen LogP contribution in [0.25, 0.3) is 11.0 Å². The van der Waals surface area contributed by atoms with Gasteiger partial charge in [0, 0.05) is 30.9 Å². The van der Waals surface area contributed by atoms with Crippen molar-refractivity contribution in [1.29, 1.82) is 0 Å². The Hall–Kier alpha value is -3.94. The summed E-state index contributed by atoms with van der Waals surface area (Å²) in [7, 11) is 0. The lowest BCUT2D eigenvalue weighted by atomic mass is 9.81. The summed E-state index contributed by atoms with van der Waals surface area (Å²) in [5, 5.41) is 9.64. The number of fused-ring (bicyclic) bond motifs is 1. The molecule has 168 valence electrons. The predicted molar refractivity (Wildman–Crippen MR) is 125 cm³/mol. The SMILES string of the molecule is O=C(O)N(CC1CCC(c2nc3ccc(Oc4cccnc4)cc3[nH]2)CC1)c1ccccn1. The number of aromatic nitrogens is 4. The van der Waals surface area contributed by atoms with E-state index in [1.54, 1.807) is 30.7 Å². The van der Waals surface area contributed by atoms with Gasteiger partial charge < -0.3 is 14.8 Å². The zero-order valence-electron chi connectivity index (χ0n) is 18.1. The van der Waals surface area contributed by atoms with Crippen LogP contribution in [0.3, 0.4) is 0 Å². The highest BCUT2D eigenvalue weighted by atomic mass is 16.5. The molecule has 0 spiro atoms. The molecule has 1 aliphatic rings. The van der Waals surface area contributed by atoms with E-state index in [0.29, 0.717) is 29.9 Å². The number of carboxylic acid groups (broad SMARTS) is 1. The van der Waals surface area contributed by atoms with Crippen molar-refractivity contribution in [3.8, 4) is 11.5 Å². The standard InChI is InChI=1S/C25H25N5O3/c31-25(32)30(23-5-1-2-13-27-23)16-17-6-8-18(9-7-17)24-28-21-11-10-19(14-22(21)29-24)33-20-4-3-12-26-15-20/h1-5,10-15,17-18H,6-9,16H2,(H,28,29)(H,31,32). The molecule has 1 aliphatic carbocycles. The van der Waals surface area contributed by atoms with E-state index in [-0.39, 0.29) is 0 Å². The summed E-state index contributed by atoms with van der Waals surface area (Å²) in [5.74, 6) is 3.54. The molecule has 5 rings (SSSR count). The number of ether oxygens (including phenoxy) is 1. The van der Waals surface area contributed by atoms with Gasteiger partial charge in [0.15, 0.2) is 0 Å². The van der Waals surface area contributed by atoms with Crippen LogP contribution in [0, 0.1) is 5.92 Å². The first-order valence-corrected chi connectivity index (χ1v) is 11.1. The summed E-state index contributed by atoms with van der Waals surface area (Å²) >= 11 is 0. The van der Waals surface area contributed by atoms with Gasteiger partial charge in [-0.15, -0.1) is 0 Å². The summed E-state index contributed by atoms with van der Waals surface area (Å²) < 4.78 is 5.88. The Morgan fingerprint density at radius 1 is 1.06 bits per heavy atom. The maximum Gasteiger partial charge on any atom is 0.413 e. The van der Waals surface area contributed by atoms with Crippen LogP contribution in [-0.4, -0.2) is 37.7 Å². The number of pyridine rings is 2. The van der Waals surface area contributed by atoms with Crippen LogP contribution >= 0.6 is 0 Å². The van der Waals surface area contributed by atoms with E-state index >= 15 is 0 Å². The van der Waals surface area contributed by atoms with Gasteiger partial charge in [0.1, 0.15) is 23.1 Å². The second kappa shape index (κ2) is 9.28.